The smallest absolute Gasteiger partial charge is 0.255 e. The van der Waals surface area contributed by atoms with Crippen molar-refractivity contribution >= 4 is 17.7 Å². The first-order valence-electron chi connectivity index (χ1n) is 9.81. The molecular formula is C20H24N4O3. The Hall–Kier alpha value is -2.25. The van der Waals surface area contributed by atoms with Gasteiger partial charge in [0.25, 0.3) is 5.91 Å². The number of amides is 3. The maximum atomic E-state index is 12.9. The van der Waals surface area contributed by atoms with Gasteiger partial charge in [0.1, 0.15) is 6.04 Å². The normalized spacial score (nSPS) is 30.6. The summed E-state index contributed by atoms with van der Waals surface area (Å²) in [6, 6.07) is 5.94. The maximum absolute atomic E-state index is 12.9. The molecule has 7 nitrogen and oxygen atoms in total. The van der Waals surface area contributed by atoms with Crippen molar-refractivity contribution < 1.29 is 14.4 Å². The number of hydrogen-bond acceptors (Lipinski definition) is 5. The monoisotopic (exact) mass is 368 g/mol. The second-order valence-electron chi connectivity index (χ2n) is 8.15. The van der Waals surface area contributed by atoms with E-state index in [1.807, 2.05) is 12.1 Å². The molecule has 2 N–H and O–H groups in total. The van der Waals surface area contributed by atoms with Crippen molar-refractivity contribution in [1.29, 1.82) is 0 Å². The number of hydrogen-bond donors (Lipinski definition) is 2. The lowest BCUT2D eigenvalue weighted by Gasteiger charge is -2.29. The van der Waals surface area contributed by atoms with Crippen molar-refractivity contribution in [3.05, 3.63) is 34.9 Å². The largest absolute Gasteiger partial charge is 0.322 e. The third-order valence-corrected chi connectivity index (χ3v) is 6.51. The Bertz CT molecular complexity index is 811. The number of nitrogens with zero attached hydrogens (tertiary/aromatic N) is 2. The average molecular weight is 368 g/mol. The van der Waals surface area contributed by atoms with Gasteiger partial charge in [-0.25, -0.2) is 0 Å². The summed E-state index contributed by atoms with van der Waals surface area (Å²) in [5, 5.41) is 5.94. The Balaban J connectivity index is 1.35. The van der Waals surface area contributed by atoms with Gasteiger partial charge in [0.05, 0.1) is 0 Å². The lowest BCUT2D eigenvalue weighted by atomic mass is 10.0. The van der Waals surface area contributed by atoms with Gasteiger partial charge in [0.15, 0.2) is 0 Å². The number of carbonyl (C=O) groups is 3. The molecule has 4 heterocycles. The molecule has 0 aliphatic carbocycles. The van der Waals surface area contributed by atoms with E-state index in [1.165, 1.54) is 12.0 Å². The van der Waals surface area contributed by atoms with Crippen LogP contribution in [0.4, 0.5) is 0 Å². The van der Waals surface area contributed by atoms with E-state index in [9.17, 15) is 14.4 Å². The zero-order chi connectivity index (χ0) is 18.5. The molecule has 1 aromatic rings. The molecule has 4 aliphatic heterocycles. The van der Waals surface area contributed by atoms with Gasteiger partial charge in [0.2, 0.25) is 11.8 Å². The average Bonchev–Trinajstić information content (AvgIpc) is 3.30. The summed E-state index contributed by atoms with van der Waals surface area (Å²) in [6.07, 6.45) is 1.93. The summed E-state index contributed by atoms with van der Waals surface area (Å²) in [5.41, 5.74) is 2.92. The van der Waals surface area contributed by atoms with Crippen LogP contribution in [0.2, 0.25) is 0 Å². The van der Waals surface area contributed by atoms with Crippen LogP contribution < -0.4 is 10.6 Å². The number of nitrogens with one attached hydrogen (secondary N) is 2. The summed E-state index contributed by atoms with van der Waals surface area (Å²) in [6.45, 7) is 4.58. The zero-order valence-corrected chi connectivity index (χ0v) is 15.2. The van der Waals surface area contributed by atoms with E-state index in [0.717, 1.165) is 37.7 Å². The Kier molecular flexibility index (Phi) is 4.02. The van der Waals surface area contributed by atoms with E-state index in [-0.39, 0.29) is 24.1 Å². The van der Waals surface area contributed by atoms with Gasteiger partial charge in [-0.15, -0.1) is 0 Å². The van der Waals surface area contributed by atoms with Crippen LogP contribution in [0.25, 0.3) is 0 Å². The van der Waals surface area contributed by atoms with Gasteiger partial charge < -0.3 is 10.2 Å². The fourth-order valence-corrected chi connectivity index (χ4v) is 5.11. The summed E-state index contributed by atoms with van der Waals surface area (Å²) in [4.78, 5) is 40.7. The van der Waals surface area contributed by atoms with Crippen molar-refractivity contribution in [3.8, 4) is 0 Å². The quantitative estimate of drug-likeness (QED) is 0.747. The van der Waals surface area contributed by atoms with E-state index in [2.05, 4.69) is 21.6 Å². The predicted molar refractivity (Wildman–Crippen MR) is 97.7 cm³/mol. The second-order valence-corrected chi connectivity index (χ2v) is 8.15. The van der Waals surface area contributed by atoms with Crippen molar-refractivity contribution in [2.75, 3.05) is 19.6 Å². The molecule has 0 saturated carbocycles. The van der Waals surface area contributed by atoms with Gasteiger partial charge in [-0.1, -0.05) is 12.1 Å². The van der Waals surface area contributed by atoms with Crippen LogP contribution in [0.15, 0.2) is 18.2 Å². The highest BCUT2D eigenvalue weighted by Crippen LogP contribution is 2.32. The number of piperidine rings is 1. The van der Waals surface area contributed by atoms with Gasteiger partial charge in [-0.05, 0) is 42.5 Å². The molecule has 3 fully saturated rings. The number of fused-ring (bicyclic) bond motifs is 2. The van der Waals surface area contributed by atoms with E-state index < -0.39 is 6.04 Å². The zero-order valence-electron chi connectivity index (χ0n) is 15.2. The minimum atomic E-state index is -0.550. The van der Waals surface area contributed by atoms with Crippen molar-refractivity contribution in [1.82, 2.24) is 20.4 Å². The second kappa shape index (κ2) is 6.42. The molecule has 27 heavy (non-hydrogen) atoms. The van der Waals surface area contributed by atoms with E-state index in [0.29, 0.717) is 24.6 Å². The van der Waals surface area contributed by atoms with Crippen LogP contribution >= 0.6 is 0 Å². The van der Waals surface area contributed by atoms with E-state index in [4.69, 9.17) is 0 Å². The van der Waals surface area contributed by atoms with Crippen LogP contribution in [0.1, 0.15) is 40.7 Å². The molecule has 4 aliphatic rings. The fourth-order valence-electron chi connectivity index (χ4n) is 5.11. The van der Waals surface area contributed by atoms with E-state index in [1.54, 1.807) is 4.90 Å². The third-order valence-electron chi connectivity index (χ3n) is 6.51. The molecule has 3 saturated heterocycles. The standard InChI is InChI=1S/C20H24N4O3/c25-18-5-4-17(19(26)22-18)24-10-15-12(2-1-3-14(15)20(24)27)8-23-9-13-6-7-21-16(13)11-23/h1-3,13,16-17,21H,4-11H2,(H,22,25,26)/t13-,16+,17?/m1/s1. The first kappa shape index (κ1) is 16.9. The van der Waals surface area contributed by atoms with Crippen LogP contribution in [-0.4, -0.2) is 59.2 Å². The van der Waals surface area contributed by atoms with Gasteiger partial charge in [0, 0.05) is 44.2 Å². The van der Waals surface area contributed by atoms with E-state index >= 15 is 0 Å². The molecule has 7 heteroatoms. The van der Waals surface area contributed by atoms with Crippen LogP contribution in [-0.2, 0) is 22.7 Å². The van der Waals surface area contributed by atoms with Gasteiger partial charge in [-0.3, -0.25) is 24.6 Å². The third kappa shape index (κ3) is 2.85. The van der Waals surface area contributed by atoms with Crippen LogP contribution in [0.3, 0.4) is 0 Å². The van der Waals surface area contributed by atoms with Crippen LogP contribution in [0.5, 0.6) is 0 Å². The predicted octanol–water partition coefficient (Wildman–Crippen LogP) is 0.241. The molecule has 1 aromatic carbocycles. The highest BCUT2D eigenvalue weighted by Gasteiger charge is 2.40. The summed E-state index contributed by atoms with van der Waals surface area (Å²) in [7, 11) is 0. The Labute approximate surface area is 158 Å². The van der Waals surface area contributed by atoms with Gasteiger partial charge >= 0.3 is 0 Å². The fraction of sp³-hybridized carbons (Fsp3) is 0.550. The van der Waals surface area contributed by atoms with Crippen molar-refractivity contribution in [3.63, 3.8) is 0 Å². The number of imide groups is 1. The Morgan fingerprint density at radius 3 is 2.81 bits per heavy atom. The molecule has 0 spiro atoms. The first-order valence-corrected chi connectivity index (χ1v) is 9.81. The Morgan fingerprint density at radius 1 is 1.11 bits per heavy atom. The molecule has 0 radical (unpaired) electrons. The molecule has 1 unspecified atom stereocenters. The lowest BCUT2D eigenvalue weighted by Crippen LogP contribution is -2.52. The minimum absolute atomic E-state index is 0.0960. The molecule has 5 rings (SSSR count). The molecule has 3 atom stereocenters. The summed E-state index contributed by atoms with van der Waals surface area (Å²) in [5.74, 6) is 0.0337. The molecule has 142 valence electrons. The SMILES string of the molecule is O=C1CCC(N2Cc3c(CN4C[C@H]5CCN[C@H]5C4)cccc3C2=O)C(=O)N1. The van der Waals surface area contributed by atoms with Crippen molar-refractivity contribution in [2.24, 2.45) is 5.92 Å². The highest BCUT2D eigenvalue weighted by atomic mass is 16.2. The molecular weight excluding hydrogens is 344 g/mol. The van der Waals surface area contributed by atoms with Crippen molar-refractivity contribution in [2.45, 2.75) is 44.4 Å². The highest BCUT2D eigenvalue weighted by molar-refractivity contribution is 6.05. The van der Waals surface area contributed by atoms with Crippen LogP contribution in [0, 0.1) is 5.92 Å². The minimum Gasteiger partial charge on any atom is -0.322 e. The Morgan fingerprint density at radius 2 is 2.00 bits per heavy atom. The summed E-state index contributed by atoms with van der Waals surface area (Å²) < 4.78 is 0. The molecule has 0 aromatic heterocycles. The number of carbonyl (C=O) groups excluding carboxylic acids is 3. The topological polar surface area (TPSA) is 81.8 Å². The molecule has 3 amide bonds. The van der Waals surface area contributed by atoms with Gasteiger partial charge in [-0.2, -0.15) is 0 Å². The lowest BCUT2D eigenvalue weighted by molar-refractivity contribution is -0.136. The number of benzene rings is 1. The number of likely N-dealkylation sites (tertiary alicyclic amines) is 1. The maximum Gasteiger partial charge on any atom is 0.255 e. The number of rotatable bonds is 3. The summed E-state index contributed by atoms with van der Waals surface area (Å²) >= 11 is 0. The first-order chi connectivity index (χ1) is 13.1. The molecule has 0 bridgehead atoms.